The Morgan fingerprint density at radius 1 is 1.16 bits per heavy atom. The van der Waals surface area contributed by atoms with Crippen molar-refractivity contribution in [3.8, 4) is 5.75 Å². The number of amides is 1. The monoisotopic (exact) mass is 463 g/mol. The second-order valence-electron chi connectivity index (χ2n) is 7.62. The molecule has 2 aromatic carbocycles. The Kier molecular flexibility index (Phi) is 8.20. The van der Waals surface area contributed by atoms with Gasteiger partial charge in [-0.25, -0.2) is 8.42 Å². The van der Waals surface area contributed by atoms with Crippen molar-refractivity contribution in [3.63, 3.8) is 0 Å². The van der Waals surface area contributed by atoms with Crippen LogP contribution in [0.15, 0.2) is 36.4 Å². The third-order valence-electron chi connectivity index (χ3n) is 4.97. The van der Waals surface area contributed by atoms with E-state index in [2.05, 4.69) is 5.32 Å². The van der Waals surface area contributed by atoms with E-state index in [0.29, 0.717) is 5.56 Å². The molecule has 10 heteroatoms. The van der Waals surface area contributed by atoms with Crippen LogP contribution in [0.1, 0.15) is 30.0 Å². The molecule has 1 N–H and O–H groups in total. The fourth-order valence-electron chi connectivity index (χ4n) is 3.30. The second kappa shape index (κ2) is 10.4. The van der Waals surface area contributed by atoms with E-state index in [1.165, 1.54) is 18.2 Å². The number of anilines is 1. The van der Waals surface area contributed by atoms with E-state index in [0.717, 1.165) is 27.4 Å². The maximum atomic E-state index is 12.9. The second-order valence-corrected chi connectivity index (χ2v) is 9.48. The number of nitrogens with zero attached hydrogens (tertiary/aromatic N) is 2. The highest BCUT2D eigenvalue weighted by Crippen LogP contribution is 2.30. The highest BCUT2D eigenvalue weighted by molar-refractivity contribution is 7.92. The number of non-ortho nitro benzene ring substituents is 1. The average molecular weight is 464 g/mol. The summed E-state index contributed by atoms with van der Waals surface area (Å²) in [5.74, 6) is 0.213. The Hall–Kier alpha value is -3.14. The van der Waals surface area contributed by atoms with Crippen molar-refractivity contribution < 1.29 is 22.9 Å². The van der Waals surface area contributed by atoms with Gasteiger partial charge < -0.3 is 10.1 Å². The molecule has 32 heavy (non-hydrogen) atoms. The molecule has 2 rings (SSSR count). The van der Waals surface area contributed by atoms with Gasteiger partial charge >= 0.3 is 0 Å². The topological polar surface area (TPSA) is 119 Å². The van der Waals surface area contributed by atoms with Crippen molar-refractivity contribution >= 4 is 27.3 Å². The maximum Gasteiger partial charge on any atom is 0.271 e. The predicted octanol–water partition coefficient (Wildman–Crippen LogP) is 3.26. The zero-order valence-electron chi connectivity index (χ0n) is 18.9. The summed E-state index contributed by atoms with van der Waals surface area (Å²) in [7, 11) is -3.90. The lowest BCUT2D eigenvalue weighted by molar-refractivity contribution is -0.384. The lowest BCUT2D eigenvalue weighted by Gasteiger charge is -2.31. The molecule has 0 bridgehead atoms. The Balaban J connectivity index is 2.19. The van der Waals surface area contributed by atoms with Crippen molar-refractivity contribution in [3.05, 3.63) is 63.2 Å². The molecular weight excluding hydrogens is 434 g/mol. The van der Waals surface area contributed by atoms with Crippen molar-refractivity contribution in [1.29, 1.82) is 0 Å². The number of sulfonamides is 1. The molecule has 0 fully saturated rings. The first-order valence-corrected chi connectivity index (χ1v) is 12.0. The van der Waals surface area contributed by atoms with Crippen LogP contribution in [-0.2, 0) is 14.8 Å². The fraction of sp³-hybridized carbons (Fsp3) is 0.409. The highest BCUT2D eigenvalue weighted by Gasteiger charge is 2.33. The summed E-state index contributed by atoms with van der Waals surface area (Å²) in [6, 6.07) is 8.71. The molecule has 2 aromatic rings. The van der Waals surface area contributed by atoms with Gasteiger partial charge in [-0.15, -0.1) is 0 Å². The number of hydrogen-bond acceptors (Lipinski definition) is 6. The molecular formula is C22H29N3O6S. The number of aryl methyl sites for hydroxylation is 3. The van der Waals surface area contributed by atoms with Gasteiger partial charge in [0, 0.05) is 12.1 Å². The quantitative estimate of drug-likeness (QED) is 0.328. The highest BCUT2D eigenvalue weighted by atomic mass is 32.2. The van der Waals surface area contributed by atoms with Crippen LogP contribution < -0.4 is 14.4 Å². The summed E-state index contributed by atoms with van der Waals surface area (Å²) in [5.41, 5.74) is 2.38. The summed E-state index contributed by atoms with van der Waals surface area (Å²) in [6.07, 6.45) is 1.16. The summed E-state index contributed by atoms with van der Waals surface area (Å²) in [5, 5.41) is 13.9. The Bertz CT molecular complexity index is 1100. The maximum absolute atomic E-state index is 12.9. The lowest BCUT2D eigenvalue weighted by Crippen LogP contribution is -2.50. The largest absolute Gasteiger partial charge is 0.491 e. The van der Waals surface area contributed by atoms with Crippen molar-refractivity contribution in [2.75, 3.05) is 23.7 Å². The summed E-state index contributed by atoms with van der Waals surface area (Å²) in [4.78, 5) is 23.5. The van der Waals surface area contributed by atoms with E-state index in [4.69, 9.17) is 4.74 Å². The molecule has 0 saturated heterocycles. The van der Waals surface area contributed by atoms with E-state index >= 15 is 0 Å². The predicted molar refractivity (Wildman–Crippen MR) is 124 cm³/mol. The third-order valence-corrected chi connectivity index (χ3v) is 6.14. The van der Waals surface area contributed by atoms with Crippen LogP contribution in [-0.4, -0.2) is 44.7 Å². The lowest BCUT2D eigenvalue weighted by atomic mass is 10.1. The molecule has 1 amide bonds. The van der Waals surface area contributed by atoms with Crippen LogP contribution >= 0.6 is 0 Å². The Morgan fingerprint density at radius 3 is 2.41 bits per heavy atom. The molecule has 0 aliphatic heterocycles. The first kappa shape index (κ1) is 25.1. The first-order chi connectivity index (χ1) is 15.0. The van der Waals surface area contributed by atoms with Gasteiger partial charge in [0.15, 0.2) is 0 Å². The Labute approximate surface area is 188 Å². The van der Waals surface area contributed by atoms with E-state index in [1.807, 2.05) is 32.0 Å². The molecule has 0 heterocycles. The number of carbonyl (C=O) groups excluding carboxylic acids is 1. The molecule has 0 aromatic heterocycles. The number of hydrogen-bond donors (Lipinski definition) is 1. The summed E-state index contributed by atoms with van der Waals surface area (Å²) < 4.78 is 31.9. The summed E-state index contributed by atoms with van der Waals surface area (Å²) >= 11 is 0. The van der Waals surface area contributed by atoms with Gasteiger partial charge in [0.1, 0.15) is 18.4 Å². The number of ether oxygens (including phenoxy) is 1. The molecule has 0 aliphatic carbocycles. The molecule has 0 unspecified atom stereocenters. The molecule has 0 saturated carbocycles. The van der Waals surface area contributed by atoms with Crippen LogP contribution in [0, 0.1) is 30.9 Å². The molecule has 1 atom stereocenters. The smallest absolute Gasteiger partial charge is 0.271 e. The third kappa shape index (κ3) is 6.19. The zero-order valence-corrected chi connectivity index (χ0v) is 19.7. The minimum Gasteiger partial charge on any atom is -0.491 e. The fourth-order valence-corrected chi connectivity index (χ4v) is 4.56. The normalized spacial score (nSPS) is 12.2. The van der Waals surface area contributed by atoms with Gasteiger partial charge in [0.2, 0.25) is 15.9 Å². The number of nitrogens with one attached hydrogen (secondary N) is 1. The van der Waals surface area contributed by atoms with Crippen LogP contribution in [0.5, 0.6) is 5.75 Å². The molecule has 174 valence electrons. The minimum absolute atomic E-state index is 0.107. The Morgan fingerprint density at radius 2 is 1.81 bits per heavy atom. The first-order valence-electron chi connectivity index (χ1n) is 10.2. The number of carbonyl (C=O) groups is 1. The standard InChI is InChI=1S/C22H29N3O6S/c1-6-19(22(26)23-11-12-31-21-13-15(2)7-8-17(21)4)24(32(5,29)30)20-14-18(25(27)28)10-9-16(20)3/h7-10,13-14,19H,6,11-12H2,1-5H3,(H,23,26)/t19-/m0/s1. The number of rotatable bonds is 10. The van der Waals surface area contributed by atoms with E-state index in [9.17, 15) is 23.3 Å². The van der Waals surface area contributed by atoms with Gasteiger partial charge in [-0.2, -0.15) is 0 Å². The summed E-state index contributed by atoms with van der Waals surface area (Å²) in [6.45, 7) is 7.58. The van der Waals surface area contributed by atoms with Crippen LogP contribution in [0.25, 0.3) is 0 Å². The molecule has 0 radical (unpaired) electrons. The number of nitro groups is 1. The SMILES string of the molecule is CC[C@@H](C(=O)NCCOc1cc(C)ccc1C)N(c1cc([N+](=O)[O-])ccc1C)S(C)(=O)=O. The zero-order chi connectivity index (χ0) is 24.1. The number of benzene rings is 2. The van der Waals surface area contributed by atoms with Gasteiger partial charge in [-0.3, -0.25) is 19.2 Å². The molecule has 9 nitrogen and oxygen atoms in total. The van der Waals surface area contributed by atoms with Crippen molar-refractivity contribution in [2.45, 2.75) is 40.2 Å². The van der Waals surface area contributed by atoms with Crippen LogP contribution in [0.2, 0.25) is 0 Å². The van der Waals surface area contributed by atoms with Crippen LogP contribution in [0.4, 0.5) is 11.4 Å². The minimum atomic E-state index is -3.90. The average Bonchev–Trinajstić information content (AvgIpc) is 2.71. The van der Waals surface area contributed by atoms with Gasteiger partial charge in [-0.05, 0) is 49.9 Å². The molecule has 0 aliphatic rings. The van der Waals surface area contributed by atoms with Crippen molar-refractivity contribution in [1.82, 2.24) is 5.32 Å². The van der Waals surface area contributed by atoms with Crippen molar-refractivity contribution in [2.24, 2.45) is 0 Å². The van der Waals surface area contributed by atoms with Gasteiger partial charge in [-0.1, -0.05) is 25.1 Å². The van der Waals surface area contributed by atoms with Gasteiger partial charge in [0.25, 0.3) is 5.69 Å². The van der Waals surface area contributed by atoms with E-state index < -0.39 is 26.9 Å². The molecule has 0 spiro atoms. The number of nitro benzene ring substituents is 1. The van der Waals surface area contributed by atoms with E-state index in [-0.39, 0.29) is 30.9 Å². The van der Waals surface area contributed by atoms with Crippen LogP contribution in [0.3, 0.4) is 0 Å². The van der Waals surface area contributed by atoms with E-state index in [1.54, 1.807) is 13.8 Å². The van der Waals surface area contributed by atoms with Gasteiger partial charge in [0.05, 0.1) is 23.4 Å².